The molecule has 12 heavy (non-hydrogen) atoms. The monoisotopic (exact) mass is 174 g/mol. The van der Waals surface area contributed by atoms with Gasteiger partial charge in [0.25, 0.3) is 0 Å². The number of aliphatic carboxylic acids is 1. The molecule has 4 heteroatoms. The van der Waals surface area contributed by atoms with Crippen molar-refractivity contribution in [2.75, 3.05) is 6.61 Å². The van der Waals surface area contributed by atoms with Gasteiger partial charge in [-0.15, -0.1) is 0 Å². The molecule has 0 aromatic heterocycles. The number of rotatable bonds is 5. The number of aliphatic hydroxyl groups is 2. The van der Waals surface area contributed by atoms with E-state index in [1.807, 2.05) is 0 Å². The topological polar surface area (TPSA) is 77.8 Å². The summed E-state index contributed by atoms with van der Waals surface area (Å²) in [5.74, 6) is -0.970. The Morgan fingerprint density at radius 2 is 2.17 bits per heavy atom. The maximum atomic E-state index is 10.4. The number of hydrogen-bond acceptors (Lipinski definition) is 3. The van der Waals surface area contributed by atoms with E-state index < -0.39 is 12.1 Å². The smallest absolute Gasteiger partial charge is 0.331 e. The van der Waals surface area contributed by atoms with Crippen LogP contribution in [0.4, 0.5) is 0 Å². The summed E-state index contributed by atoms with van der Waals surface area (Å²) in [6, 6.07) is 0. The van der Waals surface area contributed by atoms with Gasteiger partial charge in [-0.25, -0.2) is 4.79 Å². The van der Waals surface area contributed by atoms with Crippen LogP contribution in [0.2, 0.25) is 0 Å². The Labute approximate surface area is 71.1 Å². The molecule has 70 valence electrons. The van der Waals surface area contributed by atoms with Crippen molar-refractivity contribution in [1.29, 1.82) is 0 Å². The van der Waals surface area contributed by atoms with Crippen molar-refractivity contribution >= 4 is 5.97 Å². The van der Waals surface area contributed by atoms with Gasteiger partial charge < -0.3 is 15.3 Å². The van der Waals surface area contributed by atoms with Crippen molar-refractivity contribution in [3.8, 4) is 0 Å². The third-order valence-corrected chi connectivity index (χ3v) is 1.50. The van der Waals surface area contributed by atoms with Gasteiger partial charge in [0, 0.05) is 5.57 Å². The molecule has 0 radical (unpaired) electrons. The van der Waals surface area contributed by atoms with Crippen LogP contribution in [0.15, 0.2) is 11.6 Å². The average Bonchev–Trinajstić information content (AvgIpc) is 2.04. The highest BCUT2D eigenvalue weighted by Crippen LogP contribution is 2.03. The molecule has 4 nitrogen and oxygen atoms in total. The molecular weight excluding hydrogens is 160 g/mol. The zero-order valence-corrected chi connectivity index (χ0v) is 7.03. The molecule has 0 aliphatic rings. The van der Waals surface area contributed by atoms with Gasteiger partial charge in [-0.05, 0) is 12.8 Å². The maximum Gasteiger partial charge on any atom is 0.331 e. The van der Waals surface area contributed by atoms with Crippen LogP contribution in [0.3, 0.4) is 0 Å². The standard InChI is InChI=1S/C8H14O4/c1-2-6(8(11)12)3-4-7(10)5-9/h3,7,9-10H,2,4-5H2,1H3,(H,11,12). The quantitative estimate of drug-likeness (QED) is 0.518. The second kappa shape index (κ2) is 5.74. The summed E-state index contributed by atoms with van der Waals surface area (Å²) >= 11 is 0. The van der Waals surface area contributed by atoms with Crippen LogP contribution in [0, 0.1) is 0 Å². The van der Waals surface area contributed by atoms with E-state index in [4.69, 9.17) is 15.3 Å². The van der Waals surface area contributed by atoms with Gasteiger partial charge >= 0.3 is 5.97 Å². The molecule has 0 aliphatic heterocycles. The molecule has 0 saturated heterocycles. The Morgan fingerprint density at radius 3 is 2.50 bits per heavy atom. The molecule has 3 N–H and O–H groups in total. The van der Waals surface area contributed by atoms with E-state index in [2.05, 4.69) is 0 Å². The lowest BCUT2D eigenvalue weighted by molar-refractivity contribution is -0.132. The molecule has 0 amide bonds. The van der Waals surface area contributed by atoms with Crippen LogP contribution in [0.1, 0.15) is 19.8 Å². The Hall–Kier alpha value is -0.870. The predicted molar refractivity (Wildman–Crippen MR) is 43.7 cm³/mol. The van der Waals surface area contributed by atoms with Crippen LogP contribution >= 0.6 is 0 Å². The van der Waals surface area contributed by atoms with Crippen LogP contribution in [-0.2, 0) is 4.79 Å². The minimum atomic E-state index is -0.970. The van der Waals surface area contributed by atoms with Crippen molar-refractivity contribution in [2.45, 2.75) is 25.9 Å². The van der Waals surface area contributed by atoms with Gasteiger partial charge in [-0.2, -0.15) is 0 Å². The zero-order chi connectivity index (χ0) is 9.56. The second-order valence-corrected chi connectivity index (χ2v) is 2.46. The maximum absolute atomic E-state index is 10.4. The molecular formula is C8H14O4. The van der Waals surface area contributed by atoms with Gasteiger partial charge in [0.2, 0.25) is 0 Å². The lowest BCUT2D eigenvalue weighted by atomic mass is 10.1. The molecule has 0 aliphatic carbocycles. The Kier molecular flexibility index (Phi) is 5.32. The fourth-order valence-electron chi connectivity index (χ4n) is 0.736. The van der Waals surface area contributed by atoms with Crippen LogP contribution in [0.5, 0.6) is 0 Å². The molecule has 0 aromatic rings. The van der Waals surface area contributed by atoms with Gasteiger partial charge in [0.15, 0.2) is 0 Å². The normalized spacial score (nSPS) is 14.4. The molecule has 1 atom stereocenters. The first-order chi connectivity index (χ1) is 5.61. The zero-order valence-electron chi connectivity index (χ0n) is 7.03. The van der Waals surface area contributed by atoms with E-state index in [-0.39, 0.29) is 18.6 Å². The number of carboxylic acid groups (broad SMARTS) is 1. The van der Waals surface area contributed by atoms with Crippen molar-refractivity contribution in [2.24, 2.45) is 0 Å². The fourth-order valence-corrected chi connectivity index (χ4v) is 0.736. The second-order valence-electron chi connectivity index (χ2n) is 2.46. The summed E-state index contributed by atoms with van der Waals surface area (Å²) < 4.78 is 0. The number of aliphatic hydroxyl groups excluding tert-OH is 2. The highest BCUT2D eigenvalue weighted by molar-refractivity contribution is 5.86. The largest absolute Gasteiger partial charge is 0.478 e. The van der Waals surface area contributed by atoms with Crippen molar-refractivity contribution in [1.82, 2.24) is 0 Å². The summed E-state index contributed by atoms with van der Waals surface area (Å²) in [5.41, 5.74) is 0.266. The lowest BCUT2D eigenvalue weighted by Gasteiger charge is -2.03. The molecule has 0 saturated carbocycles. The van der Waals surface area contributed by atoms with E-state index >= 15 is 0 Å². The molecule has 0 heterocycles. The van der Waals surface area contributed by atoms with E-state index in [1.54, 1.807) is 6.92 Å². The third-order valence-electron chi connectivity index (χ3n) is 1.50. The molecule has 0 aromatic carbocycles. The number of carbonyl (C=O) groups is 1. The predicted octanol–water partition coefficient (Wildman–Crippen LogP) is 0.151. The SMILES string of the molecule is CCC(=CCC(O)CO)C(=O)O. The molecule has 0 fully saturated rings. The van der Waals surface area contributed by atoms with Crippen LogP contribution in [0.25, 0.3) is 0 Å². The Balaban J connectivity index is 4.03. The summed E-state index contributed by atoms with van der Waals surface area (Å²) in [4.78, 5) is 10.4. The average molecular weight is 174 g/mol. The number of carboxylic acids is 1. The van der Waals surface area contributed by atoms with E-state index in [9.17, 15) is 4.79 Å². The fraction of sp³-hybridized carbons (Fsp3) is 0.625. The van der Waals surface area contributed by atoms with Crippen molar-refractivity contribution in [3.05, 3.63) is 11.6 Å². The van der Waals surface area contributed by atoms with Crippen molar-refractivity contribution in [3.63, 3.8) is 0 Å². The van der Waals surface area contributed by atoms with Gasteiger partial charge in [0.1, 0.15) is 0 Å². The van der Waals surface area contributed by atoms with E-state index in [0.29, 0.717) is 6.42 Å². The third kappa shape index (κ3) is 4.10. The van der Waals surface area contributed by atoms with Gasteiger partial charge in [-0.1, -0.05) is 13.0 Å². The van der Waals surface area contributed by atoms with Crippen molar-refractivity contribution < 1.29 is 20.1 Å². The number of hydrogen-bond donors (Lipinski definition) is 3. The highest BCUT2D eigenvalue weighted by Gasteiger charge is 2.05. The first kappa shape index (κ1) is 11.1. The highest BCUT2D eigenvalue weighted by atomic mass is 16.4. The molecule has 0 spiro atoms. The summed E-state index contributed by atoms with van der Waals surface area (Å²) in [6.07, 6.45) is 1.19. The van der Waals surface area contributed by atoms with Crippen LogP contribution < -0.4 is 0 Å². The first-order valence-electron chi connectivity index (χ1n) is 3.83. The van der Waals surface area contributed by atoms with Crippen LogP contribution in [-0.4, -0.2) is 34.0 Å². The lowest BCUT2D eigenvalue weighted by Crippen LogP contribution is -2.11. The summed E-state index contributed by atoms with van der Waals surface area (Å²) in [7, 11) is 0. The summed E-state index contributed by atoms with van der Waals surface area (Å²) in [6.45, 7) is 1.39. The van der Waals surface area contributed by atoms with E-state index in [1.165, 1.54) is 6.08 Å². The molecule has 0 bridgehead atoms. The van der Waals surface area contributed by atoms with Gasteiger partial charge in [0.05, 0.1) is 12.7 Å². The molecule has 1 unspecified atom stereocenters. The Bertz CT molecular complexity index is 174. The van der Waals surface area contributed by atoms with E-state index in [0.717, 1.165) is 0 Å². The van der Waals surface area contributed by atoms with Gasteiger partial charge in [-0.3, -0.25) is 0 Å². The minimum absolute atomic E-state index is 0.186. The summed E-state index contributed by atoms with van der Waals surface area (Å²) in [5, 5.41) is 25.9. The molecule has 0 rings (SSSR count). The first-order valence-corrected chi connectivity index (χ1v) is 3.83. The minimum Gasteiger partial charge on any atom is -0.478 e. The Morgan fingerprint density at radius 1 is 1.58 bits per heavy atom.